The number of nitrogens with one attached hydrogen (secondary N) is 1. The van der Waals surface area contributed by atoms with Crippen molar-refractivity contribution in [2.45, 2.75) is 6.92 Å². The van der Waals surface area contributed by atoms with Crippen LogP contribution in [0.3, 0.4) is 0 Å². The third-order valence-electron chi connectivity index (χ3n) is 1.41. The average molecular weight is 201 g/mol. The zero-order chi connectivity index (χ0) is 10.6. The molecule has 1 aromatic rings. The number of nitrogens with two attached hydrogens (primary N) is 1. The number of aromatic amines is 1. The number of aromatic nitrogens is 2. The van der Waals surface area contributed by atoms with Crippen molar-refractivity contribution >= 4 is 11.7 Å². The molecule has 14 heavy (non-hydrogen) atoms. The maximum atomic E-state index is 11.2. The molecule has 0 amide bonds. The number of esters is 1. The number of carbonyl (C=O) groups excluding carboxylic acids is 1. The van der Waals surface area contributed by atoms with Crippen molar-refractivity contribution in [2.24, 2.45) is 0 Å². The van der Waals surface area contributed by atoms with Gasteiger partial charge in [0.05, 0.1) is 13.7 Å². The smallest absolute Gasteiger partial charge is 0.358 e. The Labute approximate surface area is 80.1 Å². The zero-order valence-electron chi connectivity index (χ0n) is 7.86. The molecule has 1 aromatic heterocycles. The highest BCUT2D eigenvalue weighted by Crippen LogP contribution is 2.22. The summed E-state index contributed by atoms with van der Waals surface area (Å²) in [7, 11) is 1.30. The van der Waals surface area contributed by atoms with E-state index in [0.717, 1.165) is 0 Å². The third-order valence-corrected chi connectivity index (χ3v) is 1.41. The van der Waals surface area contributed by atoms with Crippen LogP contribution in [-0.4, -0.2) is 29.9 Å². The summed E-state index contributed by atoms with van der Waals surface area (Å²) in [5.74, 6) is -0.570. The summed E-state index contributed by atoms with van der Waals surface area (Å²) in [6, 6.07) is 0. The molecular formula is C7H11N3O4. The SMILES string of the molecule is CCOC(=O)c1[nH]nc(OOC)c1N. The van der Waals surface area contributed by atoms with E-state index in [2.05, 4.69) is 20.0 Å². The van der Waals surface area contributed by atoms with Gasteiger partial charge in [-0.1, -0.05) is 0 Å². The number of hydrogen-bond donors (Lipinski definition) is 2. The molecule has 1 rings (SSSR count). The highest BCUT2D eigenvalue weighted by molar-refractivity contribution is 5.94. The van der Waals surface area contributed by atoms with E-state index >= 15 is 0 Å². The fourth-order valence-corrected chi connectivity index (χ4v) is 0.835. The Bertz CT molecular complexity index is 323. The number of ether oxygens (including phenoxy) is 1. The van der Waals surface area contributed by atoms with Gasteiger partial charge in [0.15, 0.2) is 5.69 Å². The van der Waals surface area contributed by atoms with Gasteiger partial charge in [0, 0.05) is 0 Å². The maximum Gasteiger partial charge on any atom is 0.358 e. The van der Waals surface area contributed by atoms with Crippen LogP contribution in [0.5, 0.6) is 5.88 Å². The number of nitrogens with zero attached hydrogens (tertiary/aromatic N) is 1. The molecule has 0 atom stereocenters. The second-order valence-electron chi connectivity index (χ2n) is 2.29. The van der Waals surface area contributed by atoms with E-state index in [4.69, 9.17) is 10.5 Å². The zero-order valence-corrected chi connectivity index (χ0v) is 7.86. The van der Waals surface area contributed by atoms with Gasteiger partial charge >= 0.3 is 5.97 Å². The van der Waals surface area contributed by atoms with E-state index in [0.29, 0.717) is 0 Å². The first-order chi connectivity index (χ1) is 6.70. The fraction of sp³-hybridized carbons (Fsp3) is 0.429. The lowest BCUT2D eigenvalue weighted by atomic mass is 10.4. The quantitative estimate of drug-likeness (QED) is 0.407. The lowest BCUT2D eigenvalue weighted by Gasteiger charge is -1.99. The Balaban J connectivity index is 2.83. The van der Waals surface area contributed by atoms with Gasteiger partial charge in [-0.25, -0.2) is 4.79 Å². The summed E-state index contributed by atoms with van der Waals surface area (Å²) < 4.78 is 4.71. The van der Waals surface area contributed by atoms with E-state index in [1.54, 1.807) is 6.92 Å². The molecule has 0 spiro atoms. The van der Waals surface area contributed by atoms with Gasteiger partial charge in [-0.3, -0.25) is 5.10 Å². The molecule has 0 aliphatic carbocycles. The molecule has 0 unspecified atom stereocenters. The van der Waals surface area contributed by atoms with Crippen molar-refractivity contribution in [2.75, 3.05) is 19.5 Å². The lowest BCUT2D eigenvalue weighted by Crippen LogP contribution is -2.07. The summed E-state index contributed by atoms with van der Waals surface area (Å²) in [5, 5.41) is 6.00. The highest BCUT2D eigenvalue weighted by atomic mass is 17.2. The molecule has 0 aliphatic heterocycles. The van der Waals surface area contributed by atoms with Gasteiger partial charge in [0.25, 0.3) is 5.88 Å². The summed E-state index contributed by atoms with van der Waals surface area (Å²) in [6.07, 6.45) is 0. The number of H-pyrrole nitrogens is 1. The largest absolute Gasteiger partial charge is 0.461 e. The molecule has 7 heteroatoms. The highest BCUT2D eigenvalue weighted by Gasteiger charge is 2.19. The standard InChI is InChI=1S/C7H11N3O4/c1-3-13-7(11)5-4(8)6(10-9-5)14-12-2/h3,8H2,1-2H3,(H,9,10). The van der Waals surface area contributed by atoms with Crippen LogP contribution >= 0.6 is 0 Å². The summed E-state index contributed by atoms with van der Waals surface area (Å²) in [6.45, 7) is 1.95. The molecule has 0 saturated heterocycles. The van der Waals surface area contributed by atoms with Crippen molar-refractivity contribution < 1.29 is 19.3 Å². The maximum absolute atomic E-state index is 11.2. The predicted molar refractivity (Wildman–Crippen MR) is 46.6 cm³/mol. The van der Waals surface area contributed by atoms with Gasteiger partial charge in [-0.05, 0) is 6.92 Å². The van der Waals surface area contributed by atoms with Crippen molar-refractivity contribution in [1.82, 2.24) is 10.2 Å². The van der Waals surface area contributed by atoms with Crippen LogP contribution in [0, 0.1) is 0 Å². The minimum absolute atomic E-state index is 0.00977. The molecule has 1 heterocycles. The van der Waals surface area contributed by atoms with Crippen molar-refractivity contribution in [3.63, 3.8) is 0 Å². The Hall–Kier alpha value is -1.76. The van der Waals surface area contributed by atoms with Gasteiger partial charge < -0.3 is 15.4 Å². The topological polar surface area (TPSA) is 99.5 Å². The normalized spacial score (nSPS) is 9.86. The number of anilines is 1. The van der Waals surface area contributed by atoms with Gasteiger partial charge in [-0.15, -0.1) is 5.10 Å². The van der Waals surface area contributed by atoms with Gasteiger partial charge in [0.2, 0.25) is 0 Å². The summed E-state index contributed by atoms with van der Waals surface area (Å²) in [5.41, 5.74) is 5.64. The minimum atomic E-state index is -0.580. The number of carbonyl (C=O) groups is 1. The second kappa shape index (κ2) is 4.47. The van der Waals surface area contributed by atoms with E-state index in [1.807, 2.05) is 0 Å². The first kappa shape index (κ1) is 10.3. The van der Waals surface area contributed by atoms with E-state index in [1.165, 1.54) is 7.11 Å². The molecule has 0 fully saturated rings. The first-order valence-electron chi connectivity index (χ1n) is 3.92. The Morgan fingerprint density at radius 3 is 2.93 bits per heavy atom. The molecule has 78 valence electrons. The Morgan fingerprint density at radius 2 is 2.36 bits per heavy atom. The van der Waals surface area contributed by atoms with E-state index in [-0.39, 0.29) is 23.9 Å². The van der Waals surface area contributed by atoms with Crippen LogP contribution in [0.25, 0.3) is 0 Å². The molecule has 0 saturated carbocycles. The molecule has 0 bridgehead atoms. The number of hydrogen-bond acceptors (Lipinski definition) is 6. The molecule has 3 N–H and O–H groups in total. The molecule has 0 aromatic carbocycles. The minimum Gasteiger partial charge on any atom is -0.461 e. The van der Waals surface area contributed by atoms with Crippen molar-refractivity contribution in [3.8, 4) is 5.88 Å². The predicted octanol–water partition coefficient (Wildman–Crippen LogP) is 0.109. The summed E-state index contributed by atoms with van der Waals surface area (Å²) >= 11 is 0. The molecule has 7 nitrogen and oxygen atoms in total. The van der Waals surface area contributed by atoms with Gasteiger partial charge in [-0.2, -0.15) is 4.89 Å². The first-order valence-corrected chi connectivity index (χ1v) is 3.92. The molecular weight excluding hydrogens is 190 g/mol. The number of rotatable bonds is 4. The third kappa shape index (κ3) is 1.94. The van der Waals surface area contributed by atoms with Crippen LogP contribution < -0.4 is 10.6 Å². The monoisotopic (exact) mass is 201 g/mol. The Kier molecular flexibility index (Phi) is 3.29. The number of nitrogen functional groups attached to an aromatic ring is 1. The average Bonchev–Trinajstić information content (AvgIpc) is 2.49. The van der Waals surface area contributed by atoms with Crippen LogP contribution in [0.15, 0.2) is 0 Å². The van der Waals surface area contributed by atoms with Crippen LogP contribution in [-0.2, 0) is 9.62 Å². The van der Waals surface area contributed by atoms with Crippen LogP contribution in [0.4, 0.5) is 5.69 Å². The lowest BCUT2D eigenvalue weighted by molar-refractivity contribution is -0.180. The van der Waals surface area contributed by atoms with E-state index in [9.17, 15) is 4.79 Å². The van der Waals surface area contributed by atoms with Crippen LogP contribution in [0.1, 0.15) is 17.4 Å². The fourth-order valence-electron chi connectivity index (χ4n) is 0.835. The molecule has 0 aliphatic rings. The van der Waals surface area contributed by atoms with E-state index < -0.39 is 5.97 Å². The van der Waals surface area contributed by atoms with Gasteiger partial charge in [0.1, 0.15) is 5.69 Å². The van der Waals surface area contributed by atoms with Crippen molar-refractivity contribution in [1.29, 1.82) is 0 Å². The summed E-state index contributed by atoms with van der Waals surface area (Å²) in [4.78, 5) is 20.1. The second-order valence-corrected chi connectivity index (χ2v) is 2.29. The Morgan fingerprint density at radius 1 is 1.64 bits per heavy atom. The van der Waals surface area contributed by atoms with Crippen molar-refractivity contribution in [3.05, 3.63) is 5.69 Å². The van der Waals surface area contributed by atoms with Crippen LogP contribution in [0.2, 0.25) is 0 Å². The molecule has 0 radical (unpaired) electrons.